The van der Waals surface area contributed by atoms with Crippen molar-refractivity contribution in [3.05, 3.63) is 96.1 Å². The average molecular weight is 382 g/mol. The molecular formula is C24H22N4O. The Balaban J connectivity index is 1.67. The Kier molecular flexibility index (Phi) is 4.28. The van der Waals surface area contributed by atoms with Gasteiger partial charge in [-0.1, -0.05) is 60.7 Å². The lowest BCUT2D eigenvalue weighted by Crippen LogP contribution is -2.31. The minimum absolute atomic E-state index is 0.187. The minimum atomic E-state index is -0.187. The summed E-state index contributed by atoms with van der Waals surface area (Å²) in [5.41, 5.74) is 3.37. The fourth-order valence-corrected chi connectivity index (χ4v) is 3.84. The third kappa shape index (κ3) is 3.14. The molecule has 0 fully saturated rings. The molecule has 1 unspecified atom stereocenters. The maximum Gasteiger partial charge on any atom is 0.293 e. The molecule has 144 valence electrons. The van der Waals surface area contributed by atoms with Gasteiger partial charge >= 0.3 is 0 Å². The van der Waals surface area contributed by atoms with Crippen molar-refractivity contribution in [1.29, 1.82) is 0 Å². The molecule has 0 saturated carbocycles. The molecule has 1 aromatic heterocycles. The molecule has 1 aliphatic heterocycles. The zero-order valence-electron chi connectivity index (χ0n) is 16.5. The highest BCUT2D eigenvalue weighted by atomic mass is 16.5. The van der Waals surface area contributed by atoms with E-state index in [1.54, 1.807) is 0 Å². The van der Waals surface area contributed by atoms with Crippen molar-refractivity contribution < 1.29 is 4.74 Å². The number of fused-ring (bicyclic) bond motifs is 3. The van der Waals surface area contributed by atoms with Crippen molar-refractivity contribution >= 4 is 16.8 Å². The van der Waals surface area contributed by atoms with Crippen LogP contribution in [-0.4, -0.2) is 34.6 Å². The molecule has 0 aliphatic carbocycles. The maximum atomic E-state index is 6.13. The van der Waals surface area contributed by atoms with E-state index in [9.17, 15) is 0 Å². The molecule has 5 rings (SSSR count). The lowest BCUT2D eigenvalue weighted by atomic mass is 9.95. The van der Waals surface area contributed by atoms with Gasteiger partial charge in [0.15, 0.2) is 0 Å². The van der Waals surface area contributed by atoms with Gasteiger partial charge < -0.3 is 14.2 Å². The molecule has 0 radical (unpaired) electrons. The van der Waals surface area contributed by atoms with Crippen molar-refractivity contribution in [2.45, 2.75) is 12.6 Å². The number of nitrogens with zero attached hydrogens (tertiary/aromatic N) is 4. The first-order chi connectivity index (χ1) is 14.2. The second-order valence-corrected chi connectivity index (χ2v) is 7.44. The lowest BCUT2D eigenvalue weighted by Gasteiger charge is -2.28. The Labute approximate surface area is 169 Å². The third-order valence-corrected chi connectivity index (χ3v) is 5.25. The second-order valence-electron chi connectivity index (χ2n) is 7.44. The third-order valence-electron chi connectivity index (χ3n) is 5.25. The normalized spacial score (nSPS) is 15.5. The molecule has 0 saturated heterocycles. The summed E-state index contributed by atoms with van der Waals surface area (Å²) in [6.45, 7) is 0.750. The van der Waals surface area contributed by atoms with Gasteiger partial charge in [-0.3, -0.25) is 0 Å². The Hall–Kier alpha value is -3.60. The van der Waals surface area contributed by atoms with Crippen LogP contribution in [0.5, 0.6) is 5.75 Å². The number of hydrogen-bond donors (Lipinski definition) is 0. The first kappa shape index (κ1) is 17.5. The molecule has 0 bridgehead atoms. The molecule has 3 aromatic carbocycles. The maximum absolute atomic E-state index is 6.13. The summed E-state index contributed by atoms with van der Waals surface area (Å²) in [5, 5.41) is 2.33. The number of aromatic nitrogens is 2. The van der Waals surface area contributed by atoms with Gasteiger partial charge in [0, 0.05) is 26.2 Å². The van der Waals surface area contributed by atoms with Crippen LogP contribution in [-0.2, 0) is 6.54 Å². The first-order valence-corrected chi connectivity index (χ1v) is 9.69. The van der Waals surface area contributed by atoms with Crippen molar-refractivity contribution in [3.8, 4) is 5.75 Å². The van der Waals surface area contributed by atoms with E-state index in [-0.39, 0.29) is 6.04 Å². The molecule has 29 heavy (non-hydrogen) atoms. The summed E-state index contributed by atoms with van der Waals surface area (Å²) in [5.74, 6) is 0.847. The van der Waals surface area contributed by atoms with Crippen LogP contribution in [0.1, 0.15) is 22.9 Å². The molecule has 5 nitrogen and oxygen atoms in total. The molecule has 5 heteroatoms. The Morgan fingerprint density at radius 3 is 2.59 bits per heavy atom. The monoisotopic (exact) mass is 382 g/mol. The van der Waals surface area contributed by atoms with E-state index in [1.165, 1.54) is 10.9 Å². The average Bonchev–Trinajstić information content (AvgIpc) is 3.21. The van der Waals surface area contributed by atoms with Crippen molar-refractivity contribution in [2.24, 2.45) is 4.99 Å². The number of hydrogen-bond acceptors (Lipinski definition) is 4. The van der Waals surface area contributed by atoms with E-state index in [0.717, 1.165) is 28.9 Å². The molecule has 0 spiro atoms. The van der Waals surface area contributed by atoms with Crippen molar-refractivity contribution in [2.75, 3.05) is 14.1 Å². The number of benzene rings is 3. The molecule has 1 aliphatic rings. The fraction of sp³-hybridized carbons (Fsp3) is 0.167. The minimum Gasteiger partial charge on any atom is -0.426 e. The Morgan fingerprint density at radius 2 is 1.76 bits per heavy atom. The van der Waals surface area contributed by atoms with Crippen LogP contribution in [0, 0.1) is 0 Å². The smallest absolute Gasteiger partial charge is 0.293 e. The van der Waals surface area contributed by atoms with E-state index in [1.807, 2.05) is 43.7 Å². The highest BCUT2D eigenvalue weighted by Gasteiger charge is 2.30. The molecule has 1 atom stereocenters. The lowest BCUT2D eigenvalue weighted by molar-refractivity contribution is 0.405. The Morgan fingerprint density at radius 1 is 0.966 bits per heavy atom. The molecular weight excluding hydrogens is 360 g/mol. The number of imidazole rings is 1. The second kappa shape index (κ2) is 7.09. The van der Waals surface area contributed by atoms with Gasteiger partial charge in [-0.15, -0.1) is 0 Å². The van der Waals surface area contributed by atoms with Gasteiger partial charge in [0.25, 0.3) is 6.02 Å². The van der Waals surface area contributed by atoms with Gasteiger partial charge in [-0.05, 0) is 22.4 Å². The van der Waals surface area contributed by atoms with E-state index in [2.05, 4.69) is 64.1 Å². The summed E-state index contributed by atoms with van der Waals surface area (Å²) >= 11 is 0. The van der Waals surface area contributed by atoms with Crippen LogP contribution in [0.15, 0.2) is 84.2 Å². The van der Waals surface area contributed by atoms with E-state index in [4.69, 9.17) is 9.73 Å². The highest BCUT2D eigenvalue weighted by Crippen LogP contribution is 2.41. The number of ether oxygens (including phenoxy) is 1. The van der Waals surface area contributed by atoms with Gasteiger partial charge in [0.05, 0.1) is 18.2 Å². The molecule has 4 aromatic rings. The van der Waals surface area contributed by atoms with Crippen LogP contribution in [0.25, 0.3) is 10.8 Å². The zero-order valence-corrected chi connectivity index (χ0v) is 16.5. The van der Waals surface area contributed by atoms with E-state index in [0.29, 0.717) is 6.02 Å². The van der Waals surface area contributed by atoms with Gasteiger partial charge in [-0.25, -0.2) is 9.98 Å². The quantitative estimate of drug-likeness (QED) is 0.525. The van der Waals surface area contributed by atoms with Crippen LogP contribution in [0.2, 0.25) is 0 Å². The zero-order chi connectivity index (χ0) is 19.8. The standard InChI is InChI=1S/C24H22N4O/c1-27(2)24-26-23(20-14-25-16-28(20)15-17-8-4-3-5-9-17)22-19-11-7-6-10-18(19)12-13-21(22)29-24/h3-14,16,23H,15H2,1-2H3. The summed E-state index contributed by atoms with van der Waals surface area (Å²) < 4.78 is 8.31. The highest BCUT2D eigenvalue weighted by molar-refractivity contribution is 5.91. The largest absolute Gasteiger partial charge is 0.426 e. The Bertz CT molecular complexity index is 1190. The molecule has 2 heterocycles. The van der Waals surface area contributed by atoms with Crippen LogP contribution in [0.4, 0.5) is 0 Å². The van der Waals surface area contributed by atoms with E-state index >= 15 is 0 Å². The number of aliphatic imine (C=N–C) groups is 1. The summed E-state index contributed by atoms with van der Waals surface area (Å²) in [4.78, 5) is 11.3. The van der Waals surface area contributed by atoms with Gasteiger partial charge in [0.2, 0.25) is 0 Å². The molecule has 0 amide bonds. The van der Waals surface area contributed by atoms with E-state index < -0.39 is 0 Å². The van der Waals surface area contributed by atoms with Crippen LogP contribution < -0.4 is 4.74 Å². The predicted octanol–water partition coefficient (Wildman–Crippen LogP) is 4.48. The molecule has 0 N–H and O–H groups in total. The van der Waals surface area contributed by atoms with Crippen LogP contribution in [0.3, 0.4) is 0 Å². The van der Waals surface area contributed by atoms with Crippen LogP contribution >= 0.6 is 0 Å². The number of rotatable bonds is 3. The summed E-state index contributed by atoms with van der Waals surface area (Å²) in [6, 6.07) is 23.4. The fourth-order valence-electron chi connectivity index (χ4n) is 3.84. The van der Waals surface area contributed by atoms with Gasteiger partial charge in [-0.2, -0.15) is 0 Å². The van der Waals surface area contributed by atoms with Crippen molar-refractivity contribution in [3.63, 3.8) is 0 Å². The SMILES string of the molecule is CN(C)C1=NC(c2cncn2Cc2ccccc2)c2c(ccc3ccccc23)O1. The first-order valence-electron chi connectivity index (χ1n) is 9.69. The summed E-state index contributed by atoms with van der Waals surface area (Å²) in [6.07, 6.45) is 3.80. The van der Waals surface area contributed by atoms with Gasteiger partial charge in [0.1, 0.15) is 11.8 Å². The number of amidine groups is 1. The van der Waals surface area contributed by atoms with Crippen molar-refractivity contribution in [1.82, 2.24) is 14.5 Å². The predicted molar refractivity (Wildman–Crippen MR) is 115 cm³/mol. The topological polar surface area (TPSA) is 42.7 Å². The summed E-state index contributed by atoms with van der Waals surface area (Å²) in [7, 11) is 3.90.